The van der Waals surface area contributed by atoms with E-state index in [1.165, 1.54) is 11.1 Å². The Morgan fingerprint density at radius 1 is 1.08 bits per heavy atom. The fourth-order valence-electron chi connectivity index (χ4n) is 4.95. The number of aliphatic hydroxyl groups is 1. The molecule has 1 aliphatic carbocycles. The summed E-state index contributed by atoms with van der Waals surface area (Å²) in [6.45, 7) is 4.34. The molecular formula is C20H25NO5. The van der Waals surface area contributed by atoms with Crippen LogP contribution in [0.25, 0.3) is 0 Å². The van der Waals surface area contributed by atoms with Crippen molar-refractivity contribution < 1.29 is 24.1 Å². The summed E-state index contributed by atoms with van der Waals surface area (Å²) in [6, 6.07) is 4.31. The monoisotopic (exact) mass is 359 g/mol. The van der Waals surface area contributed by atoms with Crippen molar-refractivity contribution >= 4 is 0 Å². The van der Waals surface area contributed by atoms with Crippen molar-refractivity contribution in [2.24, 2.45) is 5.92 Å². The molecule has 140 valence electrons. The van der Waals surface area contributed by atoms with Crippen molar-refractivity contribution in [1.82, 2.24) is 4.90 Å². The second kappa shape index (κ2) is 5.79. The lowest BCUT2D eigenvalue weighted by molar-refractivity contribution is -0.182. The normalized spacial score (nSPS) is 25.3. The third kappa shape index (κ3) is 2.32. The molecule has 26 heavy (non-hydrogen) atoms. The molecule has 1 aromatic carbocycles. The van der Waals surface area contributed by atoms with Crippen LogP contribution in [0, 0.1) is 5.92 Å². The molecule has 0 aromatic heterocycles. The van der Waals surface area contributed by atoms with Crippen LogP contribution in [0.5, 0.6) is 11.5 Å². The molecule has 0 amide bonds. The van der Waals surface area contributed by atoms with Gasteiger partial charge in [-0.2, -0.15) is 0 Å². The van der Waals surface area contributed by atoms with E-state index in [9.17, 15) is 5.11 Å². The van der Waals surface area contributed by atoms with Gasteiger partial charge in [0.1, 0.15) is 12.5 Å². The molecule has 1 fully saturated rings. The second-order valence-corrected chi connectivity index (χ2v) is 7.98. The Morgan fingerprint density at radius 3 is 2.46 bits per heavy atom. The zero-order valence-electron chi connectivity index (χ0n) is 15.1. The van der Waals surface area contributed by atoms with Crippen molar-refractivity contribution in [2.75, 3.05) is 19.9 Å². The summed E-state index contributed by atoms with van der Waals surface area (Å²) in [5.74, 6) is 1.43. The zero-order chi connectivity index (χ0) is 17.8. The van der Waals surface area contributed by atoms with Gasteiger partial charge in [-0.15, -0.1) is 0 Å². The van der Waals surface area contributed by atoms with Gasteiger partial charge in [0.15, 0.2) is 11.5 Å². The quantitative estimate of drug-likeness (QED) is 0.896. The van der Waals surface area contributed by atoms with Gasteiger partial charge >= 0.3 is 0 Å². The van der Waals surface area contributed by atoms with E-state index in [0.717, 1.165) is 50.3 Å². The highest BCUT2D eigenvalue weighted by atomic mass is 16.7. The molecule has 1 N–H and O–H groups in total. The van der Waals surface area contributed by atoms with Gasteiger partial charge in [-0.05, 0) is 42.0 Å². The molecule has 1 saturated carbocycles. The molecule has 6 nitrogen and oxygen atoms in total. The first-order chi connectivity index (χ1) is 12.6. The van der Waals surface area contributed by atoms with Gasteiger partial charge in [-0.3, -0.25) is 4.90 Å². The van der Waals surface area contributed by atoms with Crippen molar-refractivity contribution in [3.05, 3.63) is 35.8 Å². The minimum Gasteiger partial charge on any atom is -0.457 e. The lowest BCUT2D eigenvalue weighted by Crippen LogP contribution is -2.50. The van der Waals surface area contributed by atoms with Crippen LogP contribution >= 0.6 is 0 Å². The Morgan fingerprint density at radius 2 is 1.77 bits per heavy atom. The molecule has 0 bridgehead atoms. The fourth-order valence-corrected chi connectivity index (χ4v) is 4.95. The highest BCUT2D eigenvalue weighted by Crippen LogP contribution is 2.54. The first-order valence-electron chi connectivity index (χ1n) is 9.44. The van der Waals surface area contributed by atoms with Crippen LogP contribution in [0.3, 0.4) is 0 Å². The van der Waals surface area contributed by atoms with Crippen LogP contribution in [-0.2, 0) is 21.6 Å². The van der Waals surface area contributed by atoms with E-state index >= 15 is 0 Å². The number of nitrogens with zero attached hydrogens (tertiary/aromatic N) is 1. The molecule has 0 radical (unpaired) electrons. The standard InChI is InChI=1S/C20H25NO5/c1-14(12-22)10-21-11-15-8-17-18(24-13-23-17)9-16(15)19(21)2-4-20(5-3-19)25-6-7-26-20/h6-9,14,22H,2-5,10-13H2,1H3/t14-/m1/s1. The topological polar surface area (TPSA) is 60.4 Å². The number of hydrogen-bond donors (Lipinski definition) is 1. The first-order valence-corrected chi connectivity index (χ1v) is 9.44. The number of ether oxygens (including phenoxy) is 4. The molecule has 1 aromatic rings. The number of aliphatic hydroxyl groups excluding tert-OH is 1. The van der Waals surface area contributed by atoms with Crippen molar-refractivity contribution in [3.63, 3.8) is 0 Å². The average Bonchev–Trinajstić information content (AvgIpc) is 3.36. The minimum absolute atomic E-state index is 0.0553. The zero-order valence-corrected chi connectivity index (χ0v) is 15.1. The predicted octanol–water partition coefficient (Wildman–Crippen LogP) is 2.84. The van der Waals surface area contributed by atoms with Gasteiger partial charge in [0, 0.05) is 38.1 Å². The predicted molar refractivity (Wildman–Crippen MR) is 93.4 cm³/mol. The third-order valence-electron chi connectivity index (χ3n) is 6.37. The molecule has 6 heteroatoms. The van der Waals surface area contributed by atoms with Crippen LogP contribution in [0.4, 0.5) is 0 Å². The van der Waals surface area contributed by atoms with E-state index in [1.807, 2.05) is 0 Å². The van der Waals surface area contributed by atoms with E-state index in [0.29, 0.717) is 6.79 Å². The Bertz CT molecular complexity index is 728. The Labute approximate surface area is 153 Å². The van der Waals surface area contributed by atoms with E-state index in [2.05, 4.69) is 24.0 Å². The summed E-state index contributed by atoms with van der Waals surface area (Å²) in [4.78, 5) is 2.53. The maximum Gasteiger partial charge on any atom is 0.249 e. The smallest absolute Gasteiger partial charge is 0.249 e. The molecule has 1 atom stereocenters. The summed E-state index contributed by atoms with van der Waals surface area (Å²) in [5.41, 5.74) is 2.59. The van der Waals surface area contributed by atoms with Gasteiger partial charge < -0.3 is 24.1 Å². The summed E-state index contributed by atoms with van der Waals surface area (Å²) >= 11 is 0. The van der Waals surface area contributed by atoms with Crippen molar-refractivity contribution in [1.29, 1.82) is 0 Å². The van der Waals surface area contributed by atoms with Crippen molar-refractivity contribution in [2.45, 2.75) is 50.5 Å². The van der Waals surface area contributed by atoms with Crippen LogP contribution in [-0.4, -0.2) is 35.7 Å². The molecule has 0 saturated heterocycles. The molecule has 4 aliphatic rings. The van der Waals surface area contributed by atoms with Crippen molar-refractivity contribution in [3.8, 4) is 11.5 Å². The van der Waals surface area contributed by atoms with Gasteiger partial charge in [0.25, 0.3) is 0 Å². The maximum absolute atomic E-state index is 9.59. The number of benzene rings is 1. The highest BCUT2D eigenvalue weighted by Gasteiger charge is 2.53. The maximum atomic E-state index is 9.59. The van der Waals surface area contributed by atoms with Gasteiger partial charge in [-0.25, -0.2) is 0 Å². The van der Waals surface area contributed by atoms with Gasteiger partial charge in [-0.1, -0.05) is 6.92 Å². The van der Waals surface area contributed by atoms with Crippen LogP contribution < -0.4 is 9.47 Å². The molecule has 2 spiro atoms. The Hall–Kier alpha value is -1.92. The lowest BCUT2D eigenvalue weighted by atomic mass is 9.74. The second-order valence-electron chi connectivity index (χ2n) is 7.98. The third-order valence-corrected chi connectivity index (χ3v) is 6.37. The summed E-state index contributed by atoms with van der Waals surface area (Å²) in [6.07, 6.45) is 6.92. The number of fused-ring (bicyclic) bond motifs is 3. The van der Waals surface area contributed by atoms with Crippen LogP contribution in [0.15, 0.2) is 24.7 Å². The molecule has 5 rings (SSSR count). The van der Waals surface area contributed by atoms with E-state index in [-0.39, 0.29) is 18.1 Å². The Balaban J connectivity index is 1.50. The van der Waals surface area contributed by atoms with E-state index in [4.69, 9.17) is 18.9 Å². The summed E-state index contributed by atoms with van der Waals surface area (Å²) in [7, 11) is 0. The van der Waals surface area contributed by atoms with Crippen LogP contribution in [0.1, 0.15) is 43.7 Å². The molecule has 0 unspecified atom stereocenters. The summed E-state index contributed by atoms with van der Waals surface area (Å²) in [5, 5.41) is 9.59. The summed E-state index contributed by atoms with van der Waals surface area (Å²) < 4.78 is 22.8. The van der Waals surface area contributed by atoms with Crippen LogP contribution in [0.2, 0.25) is 0 Å². The Kier molecular flexibility index (Phi) is 3.62. The molecular weight excluding hydrogens is 334 g/mol. The lowest BCUT2D eigenvalue weighted by Gasteiger charge is -2.47. The van der Waals surface area contributed by atoms with E-state index in [1.54, 1.807) is 12.5 Å². The highest BCUT2D eigenvalue weighted by molar-refractivity contribution is 5.53. The largest absolute Gasteiger partial charge is 0.457 e. The number of hydrogen-bond acceptors (Lipinski definition) is 6. The first kappa shape index (κ1) is 16.3. The van der Waals surface area contributed by atoms with E-state index < -0.39 is 5.79 Å². The van der Waals surface area contributed by atoms with Gasteiger partial charge in [0.2, 0.25) is 12.6 Å². The fraction of sp³-hybridized carbons (Fsp3) is 0.600. The molecule has 3 aliphatic heterocycles. The minimum atomic E-state index is -0.487. The molecule has 3 heterocycles. The SMILES string of the molecule is C[C@@H](CO)CN1Cc2cc3c(cc2C12CCC1(CC2)OC=CO1)OCO3. The average molecular weight is 359 g/mol. The van der Waals surface area contributed by atoms with Gasteiger partial charge in [0.05, 0.1) is 0 Å². The number of rotatable bonds is 3.